The number of thiocarbonyl (C=S) groups is 1. The second-order valence-electron chi connectivity index (χ2n) is 8.42. The summed E-state index contributed by atoms with van der Waals surface area (Å²) in [6.45, 7) is 4.20. The fraction of sp³-hybridized carbons (Fsp3) is 0.148. The molecule has 6 nitrogen and oxygen atoms in total. The van der Waals surface area contributed by atoms with Crippen molar-refractivity contribution in [3.05, 3.63) is 113 Å². The average Bonchev–Trinajstić information content (AvgIpc) is 3.46. The van der Waals surface area contributed by atoms with Gasteiger partial charge in [0.2, 0.25) is 0 Å². The smallest absolute Gasteiger partial charge is 0.335 e. The summed E-state index contributed by atoms with van der Waals surface area (Å²) < 4.78 is 2.08. The Morgan fingerprint density at radius 2 is 1.74 bits per heavy atom. The third-order valence-electron chi connectivity index (χ3n) is 6.34. The van der Waals surface area contributed by atoms with Gasteiger partial charge in [-0.15, -0.1) is 0 Å². The van der Waals surface area contributed by atoms with E-state index in [1.165, 1.54) is 11.1 Å². The van der Waals surface area contributed by atoms with Crippen LogP contribution in [-0.2, 0) is 0 Å². The molecule has 0 amide bonds. The fourth-order valence-electron chi connectivity index (χ4n) is 4.44. The van der Waals surface area contributed by atoms with Crippen molar-refractivity contribution in [3.63, 3.8) is 0 Å². The lowest BCUT2D eigenvalue weighted by Crippen LogP contribution is -2.30. The van der Waals surface area contributed by atoms with Crippen LogP contribution in [0.2, 0.25) is 0 Å². The number of pyridine rings is 1. The molecule has 4 aromatic rings. The highest BCUT2D eigenvalue weighted by molar-refractivity contribution is 7.80. The van der Waals surface area contributed by atoms with Crippen LogP contribution in [0.3, 0.4) is 0 Å². The maximum atomic E-state index is 11.3. The molecule has 2 N–H and O–H groups in total. The molecular formula is C27H24N4O2S. The van der Waals surface area contributed by atoms with Gasteiger partial charge in [-0.1, -0.05) is 12.1 Å². The van der Waals surface area contributed by atoms with Gasteiger partial charge < -0.3 is 19.9 Å². The van der Waals surface area contributed by atoms with Crippen molar-refractivity contribution in [2.75, 3.05) is 4.90 Å². The van der Waals surface area contributed by atoms with Crippen LogP contribution in [0.15, 0.2) is 85.2 Å². The SMILES string of the molecule is Cc1ccc(N2C(=S)N[C@@H](c3ccccn3)[C@H]2c2cccn2-c2ccc(C(=O)O)cc2)cc1C. The van der Waals surface area contributed by atoms with Gasteiger partial charge in [0.1, 0.15) is 6.04 Å². The van der Waals surface area contributed by atoms with Crippen LogP contribution in [0, 0.1) is 13.8 Å². The second-order valence-corrected chi connectivity index (χ2v) is 8.81. The molecule has 1 fully saturated rings. The summed E-state index contributed by atoms with van der Waals surface area (Å²) in [7, 11) is 0. The molecule has 1 aliphatic rings. The van der Waals surface area contributed by atoms with Crippen molar-refractivity contribution in [1.29, 1.82) is 0 Å². The van der Waals surface area contributed by atoms with Crippen molar-refractivity contribution >= 4 is 29.0 Å². The Balaban J connectivity index is 1.65. The lowest BCUT2D eigenvalue weighted by molar-refractivity contribution is 0.0697. The monoisotopic (exact) mass is 468 g/mol. The largest absolute Gasteiger partial charge is 0.478 e. The van der Waals surface area contributed by atoms with Crippen molar-refractivity contribution in [3.8, 4) is 5.69 Å². The lowest BCUT2D eigenvalue weighted by atomic mass is 10.00. The number of carbonyl (C=O) groups is 1. The predicted octanol–water partition coefficient (Wildman–Crippen LogP) is 5.36. The molecule has 0 radical (unpaired) electrons. The van der Waals surface area contributed by atoms with Crippen molar-refractivity contribution in [1.82, 2.24) is 14.9 Å². The van der Waals surface area contributed by atoms with E-state index in [0.29, 0.717) is 5.11 Å². The van der Waals surface area contributed by atoms with Gasteiger partial charge in [0.15, 0.2) is 5.11 Å². The Kier molecular flexibility index (Phi) is 5.63. The molecule has 2 atom stereocenters. The van der Waals surface area contributed by atoms with Gasteiger partial charge in [0, 0.05) is 29.5 Å². The van der Waals surface area contributed by atoms with Crippen LogP contribution in [-0.4, -0.2) is 25.7 Å². The van der Waals surface area contributed by atoms with E-state index in [9.17, 15) is 9.90 Å². The molecule has 34 heavy (non-hydrogen) atoms. The highest BCUT2D eigenvalue weighted by atomic mass is 32.1. The minimum Gasteiger partial charge on any atom is -0.478 e. The van der Waals surface area contributed by atoms with E-state index in [-0.39, 0.29) is 17.6 Å². The topological polar surface area (TPSA) is 70.4 Å². The maximum absolute atomic E-state index is 11.3. The normalized spacial score (nSPS) is 17.6. The standard InChI is InChI=1S/C27H24N4O2S/c1-17-8-11-21(16-18(17)2)31-25(24(29-27(31)34)22-6-3-4-14-28-22)23-7-5-15-30(23)20-12-9-19(10-13-20)26(32)33/h3-16,24-25H,1-2H3,(H,29,34)(H,32,33)/t24-,25+/m0/s1. The molecule has 0 unspecified atom stereocenters. The number of aromatic carboxylic acids is 1. The molecule has 170 valence electrons. The number of anilines is 1. The van der Waals surface area contributed by atoms with Crippen LogP contribution < -0.4 is 10.2 Å². The minimum atomic E-state index is -0.944. The van der Waals surface area contributed by atoms with Crippen LogP contribution in [0.25, 0.3) is 5.69 Å². The van der Waals surface area contributed by atoms with Crippen LogP contribution in [0.1, 0.15) is 45.0 Å². The van der Waals surface area contributed by atoms with Crippen molar-refractivity contribution in [2.24, 2.45) is 0 Å². The number of carboxylic acids is 1. The highest BCUT2D eigenvalue weighted by Gasteiger charge is 2.42. The third-order valence-corrected chi connectivity index (χ3v) is 6.66. The zero-order chi connectivity index (χ0) is 23.8. The van der Waals surface area contributed by atoms with Crippen molar-refractivity contribution in [2.45, 2.75) is 25.9 Å². The zero-order valence-corrected chi connectivity index (χ0v) is 19.7. The Morgan fingerprint density at radius 3 is 2.41 bits per heavy atom. The molecule has 2 aromatic carbocycles. The predicted molar refractivity (Wildman–Crippen MR) is 137 cm³/mol. The molecule has 0 aliphatic carbocycles. The summed E-state index contributed by atoms with van der Waals surface area (Å²) in [5.41, 5.74) is 6.48. The number of nitrogens with one attached hydrogen (secondary N) is 1. The molecule has 0 spiro atoms. The van der Waals surface area contributed by atoms with E-state index >= 15 is 0 Å². The first-order chi connectivity index (χ1) is 16.4. The summed E-state index contributed by atoms with van der Waals surface area (Å²) in [5.74, 6) is -0.944. The summed E-state index contributed by atoms with van der Waals surface area (Å²) >= 11 is 5.84. The maximum Gasteiger partial charge on any atom is 0.335 e. The van der Waals surface area contributed by atoms with Gasteiger partial charge in [0.05, 0.1) is 17.3 Å². The second kappa shape index (κ2) is 8.76. The van der Waals surface area contributed by atoms with Gasteiger partial charge in [-0.25, -0.2) is 4.79 Å². The highest BCUT2D eigenvalue weighted by Crippen LogP contribution is 2.42. The summed E-state index contributed by atoms with van der Waals surface area (Å²) in [4.78, 5) is 18.1. The summed E-state index contributed by atoms with van der Waals surface area (Å²) in [5, 5.41) is 13.4. The number of hydrogen-bond donors (Lipinski definition) is 2. The van der Waals surface area contributed by atoms with Gasteiger partial charge >= 0.3 is 5.97 Å². The zero-order valence-electron chi connectivity index (χ0n) is 18.8. The van der Waals surface area contributed by atoms with Gasteiger partial charge in [-0.05, 0) is 97.9 Å². The first-order valence-corrected chi connectivity index (χ1v) is 11.4. The molecule has 1 saturated heterocycles. The third kappa shape index (κ3) is 3.84. The van der Waals surface area contributed by atoms with E-state index in [4.69, 9.17) is 12.2 Å². The number of aryl methyl sites for hydroxylation is 2. The molecular weight excluding hydrogens is 444 g/mol. The first-order valence-electron chi connectivity index (χ1n) is 11.0. The molecule has 3 heterocycles. The van der Waals surface area contributed by atoms with E-state index in [1.54, 1.807) is 18.3 Å². The van der Waals surface area contributed by atoms with E-state index in [2.05, 4.69) is 57.9 Å². The molecule has 0 saturated carbocycles. The van der Waals surface area contributed by atoms with E-state index in [0.717, 1.165) is 22.8 Å². The Labute approximate surface area is 203 Å². The molecule has 2 aromatic heterocycles. The Hall–Kier alpha value is -3.97. The van der Waals surface area contributed by atoms with Crippen LogP contribution in [0.5, 0.6) is 0 Å². The van der Waals surface area contributed by atoms with Crippen LogP contribution in [0.4, 0.5) is 5.69 Å². The quantitative estimate of drug-likeness (QED) is 0.384. The fourth-order valence-corrected chi connectivity index (χ4v) is 4.79. The Bertz CT molecular complexity index is 1370. The first kappa shape index (κ1) is 21.9. The number of hydrogen-bond acceptors (Lipinski definition) is 3. The summed E-state index contributed by atoms with van der Waals surface area (Å²) in [6.07, 6.45) is 3.78. The molecule has 1 aliphatic heterocycles. The number of rotatable bonds is 5. The Morgan fingerprint density at radius 1 is 0.971 bits per heavy atom. The summed E-state index contributed by atoms with van der Waals surface area (Å²) in [6, 6.07) is 22.9. The number of carboxylic acid groups (broad SMARTS) is 1. The number of aromatic nitrogens is 2. The molecule has 0 bridgehead atoms. The molecule has 5 rings (SSSR count). The average molecular weight is 469 g/mol. The van der Waals surface area contributed by atoms with E-state index in [1.807, 2.05) is 42.6 Å². The van der Waals surface area contributed by atoms with Crippen LogP contribution >= 0.6 is 12.2 Å². The lowest BCUT2D eigenvalue weighted by Gasteiger charge is -2.29. The van der Waals surface area contributed by atoms with Gasteiger partial charge in [-0.2, -0.15) is 0 Å². The minimum absolute atomic E-state index is 0.165. The molecule has 7 heteroatoms. The number of benzene rings is 2. The van der Waals surface area contributed by atoms with Crippen molar-refractivity contribution < 1.29 is 9.90 Å². The van der Waals surface area contributed by atoms with Gasteiger partial charge in [-0.3, -0.25) is 4.98 Å². The number of nitrogens with zero attached hydrogens (tertiary/aromatic N) is 3. The van der Waals surface area contributed by atoms with Gasteiger partial charge in [0.25, 0.3) is 0 Å². The van der Waals surface area contributed by atoms with E-state index < -0.39 is 5.97 Å².